The molecule has 0 radical (unpaired) electrons. The average Bonchev–Trinajstić information content (AvgIpc) is 3.08. The van der Waals surface area contributed by atoms with Crippen molar-refractivity contribution in [2.45, 2.75) is 37.6 Å². The third-order valence-corrected chi connectivity index (χ3v) is 8.96. The first kappa shape index (κ1) is 29.2. The fraction of sp³-hybridized carbons (Fsp3) is 0.200. The maximum Gasteiger partial charge on any atom is 0.185 e. The van der Waals surface area contributed by atoms with Crippen molar-refractivity contribution in [1.82, 2.24) is 4.90 Å². The number of hydrogen-bond acceptors (Lipinski definition) is 5. The second-order valence-electron chi connectivity index (χ2n) is 12.1. The zero-order chi connectivity index (χ0) is 30.8. The molecule has 7 rings (SSSR count). The Balaban J connectivity index is 1.28. The van der Waals surface area contributed by atoms with E-state index in [1.807, 2.05) is 42.5 Å². The fourth-order valence-electron chi connectivity index (χ4n) is 6.79. The van der Waals surface area contributed by atoms with E-state index in [0.29, 0.717) is 12.2 Å². The van der Waals surface area contributed by atoms with Crippen molar-refractivity contribution in [3.05, 3.63) is 161 Å². The van der Waals surface area contributed by atoms with Crippen LogP contribution in [0.15, 0.2) is 133 Å². The number of fused-ring (bicyclic) bond motifs is 2. The summed E-state index contributed by atoms with van der Waals surface area (Å²) >= 11 is 0. The molecule has 0 aliphatic carbocycles. The van der Waals surface area contributed by atoms with Crippen molar-refractivity contribution in [1.29, 1.82) is 0 Å². The maximum absolute atomic E-state index is 9.71. The van der Waals surface area contributed by atoms with Crippen LogP contribution in [0, 0.1) is 0 Å². The highest BCUT2D eigenvalue weighted by molar-refractivity contribution is 6.02. The minimum atomic E-state index is -0.590. The number of hydrogen-bond donors (Lipinski definition) is 2. The van der Waals surface area contributed by atoms with E-state index in [-0.39, 0.29) is 24.7 Å². The highest BCUT2D eigenvalue weighted by atomic mass is 16.7. The molecule has 4 atom stereocenters. The topological polar surface area (TPSA) is 68.0 Å². The Kier molecular flexibility index (Phi) is 8.33. The molecule has 226 valence electrons. The quantitative estimate of drug-likeness (QED) is 0.138. The van der Waals surface area contributed by atoms with Gasteiger partial charge >= 0.3 is 0 Å². The summed E-state index contributed by atoms with van der Waals surface area (Å²) in [6, 6.07) is 46.0. The van der Waals surface area contributed by atoms with Gasteiger partial charge in [0.1, 0.15) is 0 Å². The highest BCUT2D eigenvalue weighted by Crippen LogP contribution is 2.47. The molecule has 0 aromatic heterocycles. The van der Waals surface area contributed by atoms with E-state index in [1.54, 1.807) is 0 Å². The van der Waals surface area contributed by atoms with Gasteiger partial charge in [-0.15, -0.1) is 0 Å². The molecule has 0 saturated carbocycles. The van der Waals surface area contributed by atoms with E-state index in [2.05, 4.69) is 103 Å². The number of ether oxygens (including phenoxy) is 2. The van der Waals surface area contributed by atoms with Crippen LogP contribution in [-0.2, 0) is 22.6 Å². The summed E-state index contributed by atoms with van der Waals surface area (Å²) in [5, 5.41) is 14.8. The van der Waals surface area contributed by atoms with E-state index in [4.69, 9.17) is 15.2 Å². The lowest BCUT2D eigenvalue weighted by Crippen LogP contribution is -2.43. The summed E-state index contributed by atoms with van der Waals surface area (Å²) in [6.07, 6.45) is -1.06. The number of aliphatic hydroxyl groups is 1. The predicted molar refractivity (Wildman–Crippen MR) is 182 cm³/mol. The number of rotatable bonds is 8. The highest BCUT2D eigenvalue weighted by Gasteiger charge is 2.42. The lowest BCUT2D eigenvalue weighted by molar-refractivity contribution is -0.263. The van der Waals surface area contributed by atoms with Gasteiger partial charge in [-0.25, -0.2) is 0 Å². The molecule has 0 amide bonds. The summed E-state index contributed by atoms with van der Waals surface area (Å²) < 4.78 is 13.8. The number of benzene rings is 6. The molecule has 1 aliphatic heterocycles. The van der Waals surface area contributed by atoms with Gasteiger partial charge in [0, 0.05) is 30.3 Å². The lowest BCUT2D eigenvalue weighted by atomic mass is 9.83. The van der Waals surface area contributed by atoms with Gasteiger partial charge < -0.3 is 20.3 Å². The number of aliphatic hydroxyl groups excluding tert-OH is 1. The minimum Gasteiger partial charge on any atom is -0.399 e. The van der Waals surface area contributed by atoms with Gasteiger partial charge in [-0.3, -0.25) is 4.90 Å². The zero-order valence-corrected chi connectivity index (χ0v) is 25.4. The van der Waals surface area contributed by atoms with Crippen LogP contribution in [0.5, 0.6) is 0 Å². The number of nitrogens with two attached hydrogens (primary N) is 1. The molecule has 1 saturated heterocycles. The lowest BCUT2D eigenvalue weighted by Gasteiger charge is -2.44. The van der Waals surface area contributed by atoms with Gasteiger partial charge in [-0.05, 0) is 69.0 Å². The summed E-state index contributed by atoms with van der Waals surface area (Å²) in [5.41, 5.74) is 12.2. The van der Waals surface area contributed by atoms with Crippen LogP contribution in [0.1, 0.15) is 46.1 Å². The average molecular weight is 595 g/mol. The first-order chi connectivity index (χ1) is 22.1. The molecule has 1 fully saturated rings. The van der Waals surface area contributed by atoms with E-state index in [0.717, 1.165) is 28.8 Å². The Hall–Kier alpha value is -4.52. The molecule has 6 aromatic carbocycles. The van der Waals surface area contributed by atoms with E-state index < -0.39 is 6.29 Å². The summed E-state index contributed by atoms with van der Waals surface area (Å²) in [6.45, 7) is 1.45. The molecule has 0 bridgehead atoms. The molecule has 5 heteroatoms. The molecule has 45 heavy (non-hydrogen) atoms. The first-order valence-electron chi connectivity index (χ1n) is 15.6. The predicted octanol–water partition coefficient (Wildman–Crippen LogP) is 8.14. The monoisotopic (exact) mass is 594 g/mol. The second kappa shape index (κ2) is 12.8. The number of likely N-dealkylation sites (N-methyl/N-ethyl adjacent to an activating group) is 1. The summed E-state index contributed by atoms with van der Waals surface area (Å²) in [7, 11) is 2.18. The summed E-state index contributed by atoms with van der Waals surface area (Å²) in [4.78, 5) is 2.38. The van der Waals surface area contributed by atoms with Crippen molar-refractivity contribution in [3.8, 4) is 0 Å². The van der Waals surface area contributed by atoms with Gasteiger partial charge in [-0.2, -0.15) is 0 Å². The standard InChI is InChI=1S/C40H38N2O3/c1-42(24-36-34-16-7-5-12-30(34)22-31-13-6-8-17-35(31)36)25-37-38(28-10-3-2-4-11-28)39(29-20-18-27(26-43)19-21-29)45-40(44-37)32-14-9-15-33(41)23-32/h2-23,37-40,43H,24-26,41H2,1H3/t37-,38-,39+,40?/m1/s1. The molecule has 5 nitrogen and oxygen atoms in total. The Labute approximate surface area is 264 Å². The summed E-state index contributed by atoms with van der Waals surface area (Å²) in [5.74, 6) is -0.0739. The molecule has 3 N–H and O–H groups in total. The molecule has 6 aromatic rings. The molecular weight excluding hydrogens is 556 g/mol. The second-order valence-corrected chi connectivity index (χ2v) is 12.1. The van der Waals surface area contributed by atoms with E-state index >= 15 is 0 Å². The molecule has 1 aliphatic rings. The third-order valence-electron chi connectivity index (χ3n) is 8.96. The van der Waals surface area contributed by atoms with Crippen LogP contribution < -0.4 is 5.73 Å². The third kappa shape index (κ3) is 6.08. The first-order valence-corrected chi connectivity index (χ1v) is 15.6. The Morgan fingerprint density at radius 1 is 0.667 bits per heavy atom. The van der Waals surface area contributed by atoms with Gasteiger partial charge in [0.2, 0.25) is 0 Å². The van der Waals surface area contributed by atoms with Crippen molar-refractivity contribution in [3.63, 3.8) is 0 Å². The largest absolute Gasteiger partial charge is 0.399 e. The maximum atomic E-state index is 9.71. The van der Waals surface area contributed by atoms with Crippen molar-refractivity contribution < 1.29 is 14.6 Å². The molecule has 0 spiro atoms. The van der Waals surface area contributed by atoms with Crippen molar-refractivity contribution >= 4 is 27.2 Å². The molecular formula is C40H38N2O3. The SMILES string of the molecule is CN(Cc1c2ccccc2cc2ccccc12)C[C@H]1OC(c2cccc(N)c2)O[C@@H](c2ccc(CO)cc2)[C@@H]1c1ccccc1. The number of nitrogens with zero attached hydrogens (tertiary/aromatic N) is 1. The fourth-order valence-corrected chi connectivity index (χ4v) is 6.79. The van der Waals surface area contributed by atoms with Gasteiger partial charge in [0.25, 0.3) is 0 Å². The smallest absolute Gasteiger partial charge is 0.185 e. The normalized spacial score (nSPS) is 20.2. The number of nitrogen functional groups attached to an aromatic ring is 1. The zero-order valence-electron chi connectivity index (χ0n) is 25.4. The van der Waals surface area contributed by atoms with Crippen LogP contribution in [0.4, 0.5) is 5.69 Å². The Morgan fingerprint density at radius 3 is 1.98 bits per heavy atom. The number of anilines is 1. The van der Waals surface area contributed by atoms with Crippen LogP contribution in [-0.4, -0.2) is 29.7 Å². The Bertz CT molecular complexity index is 1850. The molecule has 1 unspecified atom stereocenters. The van der Waals surface area contributed by atoms with Gasteiger partial charge in [-0.1, -0.05) is 115 Å². The molecule has 1 heterocycles. The minimum absolute atomic E-state index is 0.000778. The van der Waals surface area contributed by atoms with Crippen LogP contribution >= 0.6 is 0 Å². The van der Waals surface area contributed by atoms with Crippen LogP contribution in [0.25, 0.3) is 21.5 Å². The van der Waals surface area contributed by atoms with E-state index in [1.165, 1.54) is 27.1 Å². The Morgan fingerprint density at radius 2 is 1.31 bits per heavy atom. The van der Waals surface area contributed by atoms with Gasteiger partial charge in [0.05, 0.1) is 18.8 Å². The van der Waals surface area contributed by atoms with E-state index in [9.17, 15) is 5.11 Å². The van der Waals surface area contributed by atoms with Gasteiger partial charge in [0.15, 0.2) is 6.29 Å². The van der Waals surface area contributed by atoms with Crippen LogP contribution in [0.3, 0.4) is 0 Å². The van der Waals surface area contributed by atoms with Crippen molar-refractivity contribution in [2.24, 2.45) is 0 Å². The van der Waals surface area contributed by atoms with Crippen LogP contribution in [0.2, 0.25) is 0 Å². The van der Waals surface area contributed by atoms with Crippen molar-refractivity contribution in [2.75, 3.05) is 19.3 Å².